The van der Waals surface area contributed by atoms with Crippen molar-refractivity contribution in [3.8, 4) is 0 Å². The van der Waals surface area contributed by atoms with Crippen LogP contribution in [-0.4, -0.2) is 51.8 Å². The van der Waals surface area contributed by atoms with E-state index in [0.717, 1.165) is 25.7 Å². The molecule has 6 nitrogen and oxygen atoms in total. The van der Waals surface area contributed by atoms with Crippen molar-refractivity contribution in [3.63, 3.8) is 0 Å². The van der Waals surface area contributed by atoms with Gasteiger partial charge in [-0.2, -0.15) is 0 Å². The van der Waals surface area contributed by atoms with Crippen LogP contribution in [0.1, 0.15) is 39.5 Å². The van der Waals surface area contributed by atoms with Gasteiger partial charge in [0.1, 0.15) is 0 Å². The number of carbonyl (C=O) groups is 2. The molecule has 1 rings (SSSR count). The number of nitrogens with one attached hydrogen (secondary N) is 1. The van der Waals surface area contributed by atoms with Gasteiger partial charge in [-0.1, -0.05) is 13.3 Å². The van der Waals surface area contributed by atoms with E-state index < -0.39 is 18.1 Å². The van der Waals surface area contributed by atoms with Gasteiger partial charge in [0, 0.05) is 12.6 Å². The number of aliphatic hydroxyl groups excluding tert-OH is 1. The van der Waals surface area contributed by atoms with Crippen LogP contribution in [0.5, 0.6) is 0 Å². The fourth-order valence-corrected chi connectivity index (χ4v) is 1.77. The molecule has 1 fully saturated rings. The highest BCUT2D eigenvalue weighted by Gasteiger charge is 2.34. The summed E-state index contributed by atoms with van der Waals surface area (Å²) in [6, 6.07) is -1.40. The van der Waals surface area contributed by atoms with Crippen LogP contribution in [0.3, 0.4) is 0 Å². The van der Waals surface area contributed by atoms with Crippen molar-refractivity contribution in [2.75, 3.05) is 6.54 Å². The van der Waals surface area contributed by atoms with Gasteiger partial charge in [-0.25, -0.2) is 9.59 Å². The normalized spacial score (nSPS) is 17.9. The molecular weight excluding hydrogens is 236 g/mol. The molecule has 1 saturated carbocycles. The average molecular weight is 258 g/mol. The van der Waals surface area contributed by atoms with Gasteiger partial charge < -0.3 is 20.4 Å². The van der Waals surface area contributed by atoms with Crippen LogP contribution in [0, 0.1) is 0 Å². The molecular formula is C12H22N2O4. The van der Waals surface area contributed by atoms with E-state index in [1.807, 2.05) is 6.92 Å². The maximum atomic E-state index is 12.0. The van der Waals surface area contributed by atoms with E-state index >= 15 is 0 Å². The van der Waals surface area contributed by atoms with Crippen molar-refractivity contribution in [3.05, 3.63) is 0 Å². The molecule has 2 atom stereocenters. The third-order valence-electron chi connectivity index (χ3n) is 3.03. The maximum absolute atomic E-state index is 12.0. The minimum atomic E-state index is -1.25. The standard InChI is InChI=1S/C12H22N2O4/c1-3-4-7-14(9-5-6-9)12(18)13-10(8(2)15)11(16)17/h8-10,15H,3-7H2,1-2H3,(H,13,18)(H,16,17). The SMILES string of the molecule is CCCCN(C(=O)NC(C(=O)O)C(C)O)C1CC1. The molecule has 1 aliphatic carbocycles. The Labute approximate surface area is 107 Å². The molecule has 0 aromatic rings. The minimum Gasteiger partial charge on any atom is -0.480 e. The molecule has 0 aromatic carbocycles. The number of amides is 2. The molecule has 0 aromatic heterocycles. The largest absolute Gasteiger partial charge is 0.480 e. The molecule has 1 aliphatic rings. The number of unbranched alkanes of at least 4 members (excludes halogenated alkanes) is 1. The first-order valence-corrected chi connectivity index (χ1v) is 6.45. The Kier molecular flexibility index (Phi) is 5.40. The lowest BCUT2D eigenvalue weighted by atomic mass is 10.2. The first-order chi connectivity index (χ1) is 8.47. The average Bonchev–Trinajstić information content (AvgIpc) is 3.09. The summed E-state index contributed by atoms with van der Waals surface area (Å²) in [5, 5.41) is 20.6. The fraction of sp³-hybridized carbons (Fsp3) is 0.833. The predicted molar refractivity (Wildman–Crippen MR) is 66.3 cm³/mol. The molecule has 0 bridgehead atoms. The summed E-state index contributed by atoms with van der Waals surface area (Å²) in [6.45, 7) is 4.03. The maximum Gasteiger partial charge on any atom is 0.328 e. The zero-order chi connectivity index (χ0) is 13.7. The van der Waals surface area contributed by atoms with Crippen molar-refractivity contribution in [1.29, 1.82) is 0 Å². The van der Waals surface area contributed by atoms with E-state index in [2.05, 4.69) is 5.32 Å². The lowest BCUT2D eigenvalue weighted by molar-refractivity contribution is -0.141. The molecule has 3 N–H and O–H groups in total. The second-order valence-electron chi connectivity index (χ2n) is 4.78. The number of rotatable bonds is 7. The first-order valence-electron chi connectivity index (χ1n) is 6.45. The smallest absolute Gasteiger partial charge is 0.328 e. The molecule has 2 unspecified atom stereocenters. The van der Waals surface area contributed by atoms with E-state index in [9.17, 15) is 14.7 Å². The van der Waals surface area contributed by atoms with Crippen LogP contribution >= 0.6 is 0 Å². The van der Waals surface area contributed by atoms with Gasteiger partial charge in [0.15, 0.2) is 6.04 Å². The van der Waals surface area contributed by atoms with Crippen LogP contribution in [-0.2, 0) is 4.79 Å². The van der Waals surface area contributed by atoms with Crippen molar-refractivity contribution in [2.45, 2.75) is 57.7 Å². The summed E-state index contributed by atoms with van der Waals surface area (Å²) in [6.07, 6.45) is 2.72. The van der Waals surface area contributed by atoms with Gasteiger partial charge in [-0.05, 0) is 26.2 Å². The Bertz CT molecular complexity index is 302. The van der Waals surface area contributed by atoms with E-state index in [4.69, 9.17) is 5.11 Å². The molecule has 0 aliphatic heterocycles. The number of hydrogen-bond acceptors (Lipinski definition) is 3. The predicted octanol–water partition coefficient (Wildman–Crippen LogP) is 0.794. The monoisotopic (exact) mass is 258 g/mol. The van der Waals surface area contributed by atoms with Crippen LogP contribution in [0.25, 0.3) is 0 Å². The van der Waals surface area contributed by atoms with Gasteiger partial charge in [0.2, 0.25) is 0 Å². The second-order valence-corrected chi connectivity index (χ2v) is 4.78. The Morgan fingerprint density at radius 1 is 1.44 bits per heavy atom. The summed E-state index contributed by atoms with van der Waals surface area (Å²) in [7, 11) is 0. The topological polar surface area (TPSA) is 89.9 Å². The summed E-state index contributed by atoms with van der Waals surface area (Å²) in [4.78, 5) is 24.6. The lowest BCUT2D eigenvalue weighted by Gasteiger charge is -2.26. The highest BCUT2D eigenvalue weighted by Crippen LogP contribution is 2.27. The summed E-state index contributed by atoms with van der Waals surface area (Å²) >= 11 is 0. The number of aliphatic carboxylic acids is 1. The van der Waals surface area contributed by atoms with Crippen molar-refractivity contribution < 1.29 is 19.8 Å². The summed E-state index contributed by atoms with van der Waals surface area (Å²) in [5.74, 6) is -1.22. The van der Waals surface area contributed by atoms with Gasteiger partial charge in [0.25, 0.3) is 0 Å². The lowest BCUT2D eigenvalue weighted by Crippen LogP contribution is -2.53. The highest BCUT2D eigenvalue weighted by atomic mass is 16.4. The van der Waals surface area contributed by atoms with Crippen molar-refractivity contribution in [2.24, 2.45) is 0 Å². The molecule has 104 valence electrons. The number of carboxylic acid groups (broad SMARTS) is 1. The number of carbonyl (C=O) groups excluding carboxylic acids is 1. The zero-order valence-corrected chi connectivity index (χ0v) is 10.9. The fourth-order valence-electron chi connectivity index (χ4n) is 1.77. The minimum absolute atomic E-state index is 0.236. The third kappa shape index (κ3) is 4.18. The quantitative estimate of drug-likeness (QED) is 0.630. The van der Waals surface area contributed by atoms with E-state index in [0.29, 0.717) is 6.54 Å². The molecule has 0 spiro atoms. The van der Waals surface area contributed by atoms with Crippen LogP contribution in [0.15, 0.2) is 0 Å². The van der Waals surface area contributed by atoms with Crippen molar-refractivity contribution in [1.82, 2.24) is 10.2 Å². The van der Waals surface area contributed by atoms with Gasteiger partial charge >= 0.3 is 12.0 Å². The Hall–Kier alpha value is -1.30. The molecule has 0 radical (unpaired) electrons. The van der Waals surface area contributed by atoms with Gasteiger partial charge in [-0.15, -0.1) is 0 Å². The number of carboxylic acids is 1. The number of urea groups is 1. The van der Waals surface area contributed by atoms with Crippen LogP contribution in [0.4, 0.5) is 4.79 Å². The van der Waals surface area contributed by atoms with Crippen LogP contribution in [0.2, 0.25) is 0 Å². The molecule has 0 saturated heterocycles. The number of aliphatic hydroxyl groups is 1. The summed E-state index contributed by atoms with van der Waals surface area (Å²) < 4.78 is 0. The third-order valence-corrected chi connectivity index (χ3v) is 3.03. The molecule has 18 heavy (non-hydrogen) atoms. The van der Waals surface area contributed by atoms with Crippen molar-refractivity contribution >= 4 is 12.0 Å². The number of hydrogen-bond donors (Lipinski definition) is 3. The summed E-state index contributed by atoms with van der Waals surface area (Å²) in [5.41, 5.74) is 0. The van der Waals surface area contributed by atoms with E-state index in [1.54, 1.807) is 4.90 Å². The first kappa shape index (κ1) is 14.8. The van der Waals surface area contributed by atoms with Gasteiger partial charge in [0.05, 0.1) is 6.10 Å². The molecule has 6 heteroatoms. The van der Waals surface area contributed by atoms with Crippen LogP contribution < -0.4 is 5.32 Å². The zero-order valence-electron chi connectivity index (χ0n) is 10.9. The molecule has 0 heterocycles. The van der Waals surface area contributed by atoms with E-state index in [-0.39, 0.29) is 12.1 Å². The second kappa shape index (κ2) is 6.58. The molecule has 2 amide bonds. The Balaban J connectivity index is 2.56. The van der Waals surface area contributed by atoms with E-state index in [1.165, 1.54) is 6.92 Å². The Morgan fingerprint density at radius 2 is 2.06 bits per heavy atom. The number of nitrogens with zero attached hydrogens (tertiary/aromatic N) is 1. The van der Waals surface area contributed by atoms with Gasteiger partial charge in [-0.3, -0.25) is 0 Å². The Morgan fingerprint density at radius 3 is 2.44 bits per heavy atom. The highest BCUT2D eigenvalue weighted by molar-refractivity contribution is 5.83.